The molecule has 0 saturated carbocycles. The van der Waals surface area contributed by atoms with E-state index in [-0.39, 0.29) is 5.91 Å². The number of hydrogen-bond donors (Lipinski definition) is 1. The van der Waals surface area contributed by atoms with Gasteiger partial charge >= 0.3 is 0 Å². The molecular formula is C18H20N6OS. The number of nitrogens with one attached hydrogen (secondary N) is 1. The van der Waals surface area contributed by atoms with Crippen molar-refractivity contribution < 1.29 is 4.79 Å². The second kappa shape index (κ2) is 7.25. The third kappa shape index (κ3) is 3.32. The van der Waals surface area contributed by atoms with Crippen molar-refractivity contribution in [3.63, 3.8) is 0 Å². The van der Waals surface area contributed by atoms with Gasteiger partial charge in [0.1, 0.15) is 17.0 Å². The van der Waals surface area contributed by atoms with E-state index in [9.17, 15) is 4.79 Å². The third-order valence-electron chi connectivity index (χ3n) is 4.51. The zero-order chi connectivity index (χ0) is 17.9. The quantitative estimate of drug-likeness (QED) is 0.715. The zero-order valence-corrected chi connectivity index (χ0v) is 15.4. The number of aromatic amines is 1. The molecule has 1 aliphatic heterocycles. The van der Waals surface area contributed by atoms with Gasteiger partial charge in [-0.25, -0.2) is 15.0 Å². The third-order valence-corrected chi connectivity index (χ3v) is 5.70. The highest BCUT2D eigenvalue weighted by molar-refractivity contribution is 7.18. The molecule has 0 radical (unpaired) electrons. The van der Waals surface area contributed by atoms with Crippen LogP contribution in [0.15, 0.2) is 31.0 Å². The first-order valence-corrected chi connectivity index (χ1v) is 9.50. The summed E-state index contributed by atoms with van der Waals surface area (Å²) >= 11 is 1.73. The van der Waals surface area contributed by atoms with Crippen LogP contribution >= 0.6 is 11.3 Å². The SMILES string of the molecule is CCc1cc2c(N3CCN(C(=O)C=Cc4c[nH]cn4)CC3)ncnc2s1. The largest absolute Gasteiger partial charge is 0.352 e. The molecule has 1 saturated heterocycles. The maximum atomic E-state index is 12.3. The fourth-order valence-corrected chi connectivity index (χ4v) is 4.01. The number of aryl methyl sites for hydroxylation is 1. The van der Waals surface area contributed by atoms with Gasteiger partial charge in [0.25, 0.3) is 0 Å². The molecule has 0 aromatic carbocycles. The molecule has 0 unspecified atom stereocenters. The Labute approximate surface area is 155 Å². The van der Waals surface area contributed by atoms with Crippen LogP contribution in [0.2, 0.25) is 0 Å². The number of hydrogen-bond acceptors (Lipinski definition) is 6. The number of fused-ring (bicyclic) bond motifs is 1. The minimum absolute atomic E-state index is 0.0179. The minimum atomic E-state index is 0.0179. The van der Waals surface area contributed by atoms with E-state index in [2.05, 4.69) is 37.8 Å². The minimum Gasteiger partial charge on any atom is -0.352 e. The Morgan fingerprint density at radius 3 is 2.85 bits per heavy atom. The van der Waals surface area contributed by atoms with Crippen molar-refractivity contribution in [2.45, 2.75) is 13.3 Å². The second-order valence-corrected chi connectivity index (χ2v) is 7.24. The van der Waals surface area contributed by atoms with Gasteiger partial charge in [0.2, 0.25) is 5.91 Å². The number of carbonyl (C=O) groups excluding carboxylic acids is 1. The highest BCUT2D eigenvalue weighted by atomic mass is 32.1. The van der Waals surface area contributed by atoms with Gasteiger partial charge < -0.3 is 14.8 Å². The number of carbonyl (C=O) groups is 1. The average Bonchev–Trinajstić information content (AvgIpc) is 3.35. The molecule has 0 spiro atoms. The van der Waals surface area contributed by atoms with Gasteiger partial charge in [0.05, 0.1) is 17.4 Å². The standard InChI is InChI=1S/C18H20N6OS/c1-2-14-9-15-17(21-12-22-18(15)26-14)24-7-5-23(6-8-24)16(25)4-3-13-10-19-11-20-13/h3-4,9-12H,2,5-8H2,1H3,(H,19,20). The van der Waals surface area contributed by atoms with E-state index in [4.69, 9.17) is 0 Å². The van der Waals surface area contributed by atoms with Gasteiger partial charge in [-0.15, -0.1) is 11.3 Å². The Balaban J connectivity index is 1.44. The molecule has 1 fully saturated rings. The van der Waals surface area contributed by atoms with Crippen LogP contribution in [-0.2, 0) is 11.2 Å². The molecule has 4 heterocycles. The van der Waals surface area contributed by atoms with Crippen LogP contribution in [0.4, 0.5) is 5.82 Å². The summed E-state index contributed by atoms with van der Waals surface area (Å²) in [5.74, 6) is 0.995. The summed E-state index contributed by atoms with van der Waals surface area (Å²) in [4.78, 5) is 34.7. The van der Waals surface area contributed by atoms with E-state index in [0.717, 1.165) is 41.2 Å². The molecule has 1 N–H and O–H groups in total. The number of imidazole rings is 1. The molecule has 0 aliphatic carbocycles. The highest BCUT2D eigenvalue weighted by Crippen LogP contribution is 2.30. The normalized spacial score (nSPS) is 15.3. The van der Waals surface area contributed by atoms with Gasteiger partial charge in [-0.2, -0.15) is 0 Å². The van der Waals surface area contributed by atoms with E-state index in [1.807, 2.05) is 4.90 Å². The molecule has 8 heteroatoms. The Bertz CT molecular complexity index is 924. The number of amides is 1. The molecule has 26 heavy (non-hydrogen) atoms. The smallest absolute Gasteiger partial charge is 0.246 e. The maximum absolute atomic E-state index is 12.3. The number of H-pyrrole nitrogens is 1. The summed E-state index contributed by atoms with van der Waals surface area (Å²) in [7, 11) is 0. The lowest BCUT2D eigenvalue weighted by Gasteiger charge is -2.35. The van der Waals surface area contributed by atoms with Gasteiger partial charge in [-0.05, 0) is 18.6 Å². The van der Waals surface area contributed by atoms with Crippen molar-refractivity contribution in [3.8, 4) is 0 Å². The van der Waals surface area contributed by atoms with Crippen molar-refractivity contribution in [3.05, 3.63) is 41.6 Å². The first-order chi connectivity index (χ1) is 12.7. The molecule has 134 valence electrons. The summed E-state index contributed by atoms with van der Waals surface area (Å²) in [6.07, 6.45) is 9.31. The molecule has 1 aliphatic rings. The summed E-state index contributed by atoms with van der Waals surface area (Å²) in [6.45, 7) is 5.05. The summed E-state index contributed by atoms with van der Waals surface area (Å²) in [5.41, 5.74) is 0.754. The predicted molar refractivity (Wildman–Crippen MR) is 103 cm³/mol. The zero-order valence-electron chi connectivity index (χ0n) is 14.6. The van der Waals surface area contributed by atoms with Gasteiger partial charge in [0.15, 0.2) is 0 Å². The van der Waals surface area contributed by atoms with Crippen LogP contribution in [-0.4, -0.2) is 56.9 Å². The number of nitrogens with zero attached hydrogens (tertiary/aromatic N) is 5. The Hall–Kier alpha value is -2.74. The van der Waals surface area contributed by atoms with E-state index >= 15 is 0 Å². The first kappa shape index (κ1) is 16.7. The average molecular weight is 368 g/mol. The molecule has 0 bridgehead atoms. The lowest BCUT2D eigenvalue weighted by atomic mass is 10.2. The fraction of sp³-hybridized carbons (Fsp3) is 0.333. The predicted octanol–water partition coefficient (Wildman–Crippen LogP) is 2.34. The van der Waals surface area contributed by atoms with Crippen LogP contribution in [0.1, 0.15) is 17.5 Å². The highest BCUT2D eigenvalue weighted by Gasteiger charge is 2.22. The number of thiophene rings is 1. The first-order valence-electron chi connectivity index (χ1n) is 8.68. The lowest BCUT2D eigenvalue weighted by molar-refractivity contribution is -0.126. The number of aromatic nitrogens is 4. The lowest BCUT2D eigenvalue weighted by Crippen LogP contribution is -2.48. The molecule has 0 atom stereocenters. The Kier molecular flexibility index (Phi) is 4.66. The van der Waals surface area contributed by atoms with Crippen molar-refractivity contribution in [2.24, 2.45) is 0 Å². The Morgan fingerprint density at radius 1 is 1.27 bits per heavy atom. The maximum Gasteiger partial charge on any atom is 0.246 e. The number of anilines is 1. The summed E-state index contributed by atoms with van der Waals surface area (Å²) < 4.78 is 0. The molecular weight excluding hydrogens is 348 g/mol. The van der Waals surface area contributed by atoms with Crippen LogP contribution in [0.25, 0.3) is 16.3 Å². The van der Waals surface area contributed by atoms with Crippen molar-refractivity contribution in [1.82, 2.24) is 24.8 Å². The van der Waals surface area contributed by atoms with Crippen molar-refractivity contribution >= 4 is 39.4 Å². The summed E-state index contributed by atoms with van der Waals surface area (Å²) in [6, 6.07) is 2.19. The topological polar surface area (TPSA) is 78.0 Å². The Morgan fingerprint density at radius 2 is 2.12 bits per heavy atom. The van der Waals surface area contributed by atoms with Crippen LogP contribution in [0, 0.1) is 0 Å². The molecule has 3 aromatic rings. The van der Waals surface area contributed by atoms with E-state index in [0.29, 0.717) is 13.1 Å². The van der Waals surface area contributed by atoms with Gasteiger partial charge in [0, 0.05) is 43.3 Å². The van der Waals surface area contributed by atoms with E-state index in [1.54, 1.807) is 42.3 Å². The van der Waals surface area contributed by atoms with E-state index < -0.39 is 0 Å². The van der Waals surface area contributed by atoms with Gasteiger partial charge in [-0.3, -0.25) is 4.79 Å². The van der Waals surface area contributed by atoms with Crippen LogP contribution in [0.3, 0.4) is 0 Å². The van der Waals surface area contributed by atoms with E-state index in [1.165, 1.54) is 4.88 Å². The fourth-order valence-electron chi connectivity index (χ4n) is 3.08. The monoisotopic (exact) mass is 368 g/mol. The number of rotatable bonds is 4. The molecule has 7 nitrogen and oxygen atoms in total. The molecule has 1 amide bonds. The van der Waals surface area contributed by atoms with Crippen molar-refractivity contribution in [1.29, 1.82) is 0 Å². The van der Waals surface area contributed by atoms with Gasteiger partial charge in [-0.1, -0.05) is 6.92 Å². The van der Waals surface area contributed by atoms with Crippen LogP contribution in [0.5, 0.6) is 0 Å². The molecule has 4 rings (SSSR count). The van der Waals surface area contributed by atoms with Crippen LogP contribution < -0.4 is 4.90 Å². The molecule has 3 aromatic heterocycles. The second-order valence-electron chi connectivity index (χ2n) is 6.12. The van der Waals surface area contributed by atoms with Crippen molar-refractivity contribution in [2.75, 3.05) is 31.1 Å². The number of piperazine rings is 1. The summed E-state index contributed by atoms with van der Waals surface area (Å²) in [5, 5.41) is 1.12.